The molecular weight excluding hydrogens is 234 g/mol. The molecule has 19 heavy (non-hydrogen) atoms. The summed E-state index contributed by atoms with van der Waals surface area (Å²) in [5.41, 5.74) is 1.13. The smallest absolute Gasteiger partial charge is 0.203 e. The molecule has 0 aromatic carbocycles. The van der Waals surface area contributed by atoms with E-state index in [-0.39, 0.29) is 0 Å². The Labute approximate surface area is 117 Å². The standard InChI is InChI=1S/C16H29N3/c1-12(2)9-10-13(3)17-16-18-14(4)11-19(16)15-7-5-6-8-15/h11-13,15H,5-10H2,1-4H3,(H,17,18). The lowest BCUT2D eigenvalue weighted by molar-refractivity contribution is 0.505. The molecule has 1 aromatic rings. The second-order valence-corrected chi connectivity index (χ2v) is 6.57. The third kappa shape index (κ3) is 3.99. The first-order valence-electron chi connectivity index (χ1n) is 7.88. The van der Waals surface area contributed by atoms with Crippen LogP contribution in [0.1, 0.15) is 71.0 Å². The predicted octanol–water partition coefficient (Wildman–Crippen LogP) is 4.54. The molecule has 1 N–H and O–H groups in total. The lowest BCUT2D eigenvalue weighted by Gasteiger charge is -2.20. The number of aromatic nitrogens is 2. The molecule has 1 fully saturated rings. The molecule has 2 rings (SSSR count). The third-order valence-corrected chi connectivity index (χ3v) is 4.12. The van der Waals surface area contributed by atoms with E-state index in [1.165, 1.54) is 38.5 Å². The first-order chi connectivity index (χ1) is 9.06. The van der Waals surface area contributed by atoms with Crippen LogP contribution in [0.5, 0.6) is 0 Å². The quantitative estimate of drug-likeness (QED) is 0.816. The molecule has 0 amide bonds. The molecule has 3 heteroatoms. The first-order valence-corrected chi connectivity index (χ1v) is 7.88. The summed E-state index contributed by atoms with van der Waals surface area (Å²) in [5.74, 6) is 1.86. The van der Waals surface area contributed by atoms with Gasteiger partial charge in [-0.15, -0.1) is 0 Å². The van der Waals surface area contributed by atoms with Crippen LogP contribution in [0.15, 0.2) is 6.20 Å². The molecule has 0 aliphatic heterocycles. The van der Waals surface area contributed by atoms with Crippen molar-refractivity contribution >= 4 is 5.95 Å². The zero-order chi connectivity index (χ0) is 13.8. The summed E-state index contributed by atoms with van der Waals surface area (Å²) in [6.45, 7) is 8.94. The minimum absolute atomic E-state index is 0.504. The van der Waals surface area contributed by atoms with Gasteiger partial charge >= 0.3 is 0 Å². The summed E-state index contributed by atoms with van der Waals surface area (Å²) in [4.78, 5) is 4.67. The average Bonchev–Trinajstić information content (AvgIpc) is 2.95. The van der Waals surface area contributed by atoms with Gasteiger partial charge in [0.15, 0.2) is 0 Å². The van der Waals surface area contributed by atoms with Crippen molar-refractivity contribution in [2.75, 3.05) is 5.32 Å². The van der Waals surface area contributed by atoms with E-state index < -0.39 is 0 Å². The summed E-state index contributed by atoms with van der Waals surface area (Å²) in [6.07, 6.45) is 10.1. The number of aryl methyl sites for hydroxylation is 1. The Kier molecular flexibility index (Phi) is 4.89. The zero-order valence-corrected chi connectivity index (χ0v) is 12.9. The largest absolute Gasteiger partial charge is 0.353 e. The Bertz CT molecular complexity index is 389. The van der Waals surface area contributed by atoms with Crippen LogP contribution in [0.3, 0.4) is 0 Å². The summed E-state index contributed by atoms with van der Waals surface area (Å²) in [6, 6.07) is 1.17. The van der Waals surface area contributed by atoms with Crippen LogP contribution >= 0.6 is 0 Å². The Balaban J connectivity index is 1.98. The van der Waals surface area contributed by atoms with Gasteiger partial charge in [0.1, 0.15) is 0 Å². The van der Waals surface area contributed by atoms with E-state index in [1.807, 2.05) is 0 Å². The first kappa shape index (κ1) is 14.4. The Morgan fingerprint density at radius 3 is 2.58 bits per heavy atom. The number of rotatable bonds is 6. The van der Waals surface area contributed by atoms with Crippen LogP contribution in [0, 0.1) is 12.8 Å². The summed E-state index contributed by atoms with van der Waals surface area (Å²) in [5, 5.41) is 3.62. The Hall–Kier alpha value is -0.990. The highest BCUT2D eigenvalue weighted by molar-refractivity contribution is 5.31. The molecule has 3 nitrogen and oxygen atoms in total. The fourth-order valence-electron chi connectivity index (χ4n) is 2.96. The van der Waals surface area contributed by atoms with Gasteiger partial charge in [-0.2, -0.15) is 0 Å². The summed E-state index contributed by atoms with van der Waals surface area (Å²) in [7, 11) is 0. The van der Waals surface area contributed by atoms with Crippen LogP contribution in [0.4, 0.5) is 5.95 Å². The molecule has 1 aliphatic carbocycles. The van der Waals surface area contributed by atoms with Crippen molar-refractivity contribution in [1.29, 1.82) is 0 Å². The number of hydrogen-bond acceptors (Lipinski definition) is 2. The molecule has 1 unspecified atom stereocenters. The average molecular weight is 263 g/mol. The van der Waals surface area contributed by atoms with E-state index in [4.69, 9.17) is 0 Å². The molecule has 1 atom stereocenters. The van der Waals surface area contributed by atoms with Crippen LogP contribution < -0.4 is 5.32 Å². The van der Waals surface area contributed by atoms with Gasteiger partial charge in [0.2, 0.25) is 5.95 Å². The van der Waals surface area contributed by atoms with Gasteiger partial charge in [-0.1, -0.05) is 26.7 Å². The van der Waals surface area contributed by atoms with Gasteiger partial charge in [-0.25, -0.2) is 4.98 Å². The number of nitrogens with one attached hydrogen (secondary N) is 1. The van der Waals surface area contributed by atoms with E-state index >= 15 is 0 Å². The van der Waals surface area contributed by atoms with Crippen molar-refractivity contribution in [3.8, 4) is 0 Å². The lowest BCUT2D eigenvalue weighted by Crippen LogP contribution is -2.20. The van der Waals surface area contributed by atoms with Crippen molar-refractivity contribution in [2.45, 2.75) is 78.3 Å². The lowest BCUT2D eigenvalue weighted by atomic mass is 10.0. The highest BCUT2D eigenvalue weighted by atomic mass is 15.2. The SMILES string of the molecule is Cc1cn(C2CCCC2)c(NC(C)CCC(C)C)n1. The maximum absolute atomic E-state index is 4.67. The van der Waals surface area contributed by atoms with Gasteiger partial charge in [0, 0.05) is 18.3 Å². The number of anilines is 1. The predicted molar refractivity (Wildman–Crippen MR) is 81.6 cm³/mol. The van der Waals surface area contributed by atoms with Crippen molar-refractivity contribution in [3.05, 3.63) is 11.9 Å². The van der Waals surface area contributed by atoms with Gasteiger partial charge in [-0.05, 0) is 45.4 Å². The molecule has 1 saturated carbocycles. The highest BCUT2D eigenvalue weighted by Crippen LogP contribution is 2.32. The van der Waals surface area contributed by atoms with Crippen LogP contribution in [-0.4, -0.2) is 15.6 Å². The van der Waals surface area contributed by atoms with Gasteiger partial charge < -0.3 is 9.88 Å². The number of nitrogens with zero attached hydrogens (tertiary/aromatic N) is 2. The molecule has 1 heterocycles. The monoisotopic (exact) mass is 263 g/mol. The van der Waals surface area contributed by atoms with Crippen molar-refractivity contribution in [2.24, 2.45) is 5.92 Å². The third-order valence-electron chi connectivity index (χ3n) is 4.12. The Morgan fingerprint density at radius 1 is 1.26 bits per heavy atom. The molecule has 0 radical (unpaired) electrons. The fraction of sp³-hybridized carbons (Fsp3) is 0.812. The van der Waals surface area contributed by atoms with Gasteiger partial charge in [0.25, 0.3) is 0 Å². The van der Waals surface area contributed by atoms with Crippen molar-refractivity contribution in [3.63, 3.8) is 0 Å². The van der Waals surface area contributed by atoms with E-state index in [0.29, 0.717) is 12.1 Å². The van der Waals surface area contributed by atoms with E-state index in [0.717, 1.165) is 17.6 Å². The van der Waals surface area contributed by atoms with Gasteiger partial charge in [0.05, 0.1) is 5.69 Å². The number of hydrogen-bond donors (Lipinski definition) is 1. The molecule has 1 aliphatic rings. The molecule has 0 spiro atoms. The second kappa shape index (κ2) is 6.44. The maximum Gasteiger partial charge on any atom is 0.203 e. The summed E-state index contributed by atoms with van der Waals surface area (Å²) < 4.78 is 2.38. The molecule has 0 bridgehead atoms. The topological polar surface area (TPSA) is 29.9 Å². The van der Waals surface area contributed by atoms with Crippen LogP contribution in [0.25, 0.3) is 0 Å². The fourth-order valence-corrected chi connectivity index (χ4v) is 2.96. The van der Waals surface area contributed by atoms with E-state index in [1.54, 1.807) is 0 Å². The van der Waals surface area contributed by atoms with Gasteiger partial charge in [-0.3, -0.25) is 0 Å². The highest BCUT2D eigenvalue weighted by Gasteiger charge is 2.20. The number of imidazole rings is 1. The maximum atomic E-state index is 4.67. The van der Waals surface area contributed by atoms with Crippen LogP contribution in [-0.2, 0) is 0 Å². The molecule has 1 aromatic heterocycles. The van der Waals surface area contributed by atoms with Crippen molar-refractivity contribution in [1.82, 2.24) is 9.55 Å². The van der Waals surface area contributed by atoms with E-state index in [9.17, 15) is 0 Å². The van der Waals surface area contributed by atoms with Crippen molar-refractivity contribution < 1.29 is 0 Å². The molecular formula is C16H29N3. The summed E-state index contributed by atoms with van der Waals surface area (Å²) >= 11 is 0. The minimum atomic E-state index is 0.504. The van der Waals surface area contributed by atoms with E-state index in [2.05, 4.69) is 48.8 Å². The minimum Gasteiger partial charge on any atom is -0.353 e. The Morgan fingerprint density at radius 2 is 1.95 bits per heavy atom. The van der Waals surface area contributed by atoms with Crippen LogP contribution in [0.2, 0.25) is 0 Å². The normalized spacial score (nSPS) is 18.2. The molecule has 108 valence electrons. The second-order valence-electron chi connectivity index (χ2n) is 6.57. The molecule has 0 saturated heterocycles. The zero-order valence-electron chi connectivity index (χ0n) is 12.9.